The smallest absolute Gasteiger partial charge is 0.429 e. The highest BCUT2D eigenvalue weighted by Gasteiger charge is 2.62. The van der Waals surface area contributed by atoms with E-state index in [0.29, 0.717) is 18.4 Å². The highest BCUT2D eigenvalue weighted by molar-refractivity contribution is 5.86. The van der Waals surface area contributed by atoms with Crippen molar-refractivity contribution in [3.8, 4) is 0 Å². The number of nitrogens with two attached hydrogens (primary N) is 1. The number of carbonyl (C=O) groups is 2. The molecule has 188 valence electrons. The van der Waals surface area contributed by atoms with Crippen LogP contribution in [0.1, 0.15) is 53.0 Å². The predicted molar refractivity (Wildman–Crippen MR) is 116 cm³/mol. The summed E-state index contributed by atoms with van der Waals surface area (Å²) in [5.74, 6) is 3.46. The molecule has 0 saturated heterocycles. The van der Waals surface area contributed by atoms with Crippen LogP contribution < -0.4 is 16.6 Å². The molecule has 0 heterocycles. The number of benzene rings is 1. The van der Waals surface area contributed by atoms with Gasteiger partial charge in [-0.1, -0.05) is 30.3 Å². The van der Waals surface area contributed by atoms with Crippen LogP contribution in [0.4, 0.5) is 18.0 Å². The Balaban J connectivity index is 2.72. The van der Waals surface area contributed by atoms with E-state index in [1.54, 1.807) is 65.0 Å². The highest BCUT2D eigenvalue weighted by Crippen LogP contribution is 2.35. The van der Waals surface area contributed by atoms with Gasteiger partial charge in [-0.05, 0) is 53.0 Å². The number of hydrogen-bond donors (Lipinski definition) is 3. The average molecular weight is 478 g/mol. The molecule has 1 unspecified atom stereocenters. The van der Waals surface area contributed by atoms with Crippen molar-refractivity contribution in [2.75, 3.05) is 13.2 Å². The Kier molecular flexibility index (Phi) is 10.1. The first-order chi connectivity index (χ1) is 15.1. The lowest BCUT2D eigenvalue weighted by molar-refractivity contribution is -0.283. The van der Waals surface area contributed by atoms with Gasteiger partial charge in [-0.2, -0.15) is 13.2 Å². The van der Waals surface area contributed by atoms with Crippen LogP contribution in [-0.2, 0) is 25.6 Å². The van der Waals surface area contributed by atoms with Crippen LogP contribution in [0.15, 0.2) is 30.3 Å². The normalized spacial score (nSPS) is 14.3. The first kappa shape index (κ1) is 28.7. The lowest BCUT2D eigenvalue weighted by atomic mass is 9.99. The van der Waals surface area contributed by atoms with Crippen LogP contribution in [0.3, 0.4) is 0 Å². The number of halogens is 3. The fraction of sp³-hybridized carbons (Fsp3) is 0.636. The van der Waals surface area contributed by atoms with Crippen molar-refractivity contribution in [3.05, 3.63) is 35.9 Å². The molecular weight excluding hydrogens is 443 g/mol. The van der Waals surface area contributed by atoms with E-state index in [4.69, 9.17) is 20.1 Å². The van der Waals surface area contributed by atoms with Gasteiger partial charge in [-0.25, -0.2) is 10.6 Å². The van der Waals surface area contributed by atoms with Crippen LogP contribution >= 0.6 is 0 Å². The number of ether oxygens (including phenoxy) is 3. The number of nitrogens with one attached hydrogen (secondary N) is 2. The molecule has 4 N–H and O–H groups in total. The van der Waals surface area contributed by atoms with E-state index in [0.717, 1.165) is 0 Å². The van der Waals surface area contributed by atoms with Gasteiger partial charge >= 0.3 is 12.3 Å². The third-order valence-electron chi connectivity index (χ3n) is 4.52. The molecular formula is C22H34F3N3O5. The Hall–Kier alpha value is -2.37. The van der Waals surface area contributed by atoms with Crippen molar-refractivity contribution in [1.82, 2.24) is 10.7 Å². The average Bonchev–Trinajstić information content (AvgIpc) is 2.67. The zero-order valence-corrected chi connectivity index (χ0v) is 19.7. The number of hydrogen-bond acceptors (Lipinski definition) is 6. The molecule has 0 spiro atoms. The molecule has 0 radical (unpaired) electrons. The van der Waals surface area contributed by atoms with Gasteiger partial charge in [-0.3, -0.25) is 10.2 Å². The van der Waals surface area contributed by atoms with Crippen LogP contribution in [0.25, 0.3) is 0 Å². The van der Waals surface area contributed by atoms with E-state index in [-0.39, 0.29) is 6.61 Å². The molecule has 1 rings (SSSR count). The monoisotopic (exact) mass is 477 g/mol. The number of hydrazine groups is 1. The fourth-order valence-corrected chi connectivity index (χ4v) is 2.84. The van der Waals surface area contributed by atoms with E-state index in [1.165, 1.54) is 5.43 Å². The van der Waals surface area contributed by atoms with Crippen molar-refractivity contribution in [3.63, 3.8) is 0 Å². The molecule has 0 saturated carbocycles. The molecule has 1 atom stereocenters. The quantitative estimate of drug-likeness (QED) is 0.194. The number of rotatable bonds is 11. The summed E-state index contributed by atoms with van der Waals surface area (Å²) in [6.45, 7) is 7.05. The lowest BCUT2D eigenvalue weighted by Gasteiger charge is -2.33. The van der Waals surface area contributed by atoms with Gasteiger partial charge in [0.1, 0.15) is 5.60 Å². The second-order valence-electron chi connectivity index (χ2n) is 9.24. The van der Waals surface area contributed by atoms with Crippen molar-refractivity contribution < 1.29 is 37.0 Å². The van der Waals surface area contributed by atoms with Gasteiger partial charge in [0.2, 0.25) is 0 Å². The SMILES string of the molecule is CC(C)(CCCOCC(OCc1ccccc1)(C(=O)NN)C(F)(F)F)NC(=O)OC(C)(C)C. The molecule has 0 fully saturated rings. The molecule has 0 aliphatic rings. The Morgan fingerprint density at radius 2 is 1.64 bits per heavy atom. The van der Waals surface area contributed by atoms with Gasteiger partial charge in [-0.15, -0.1) is 0 Å². The maximum Gasteiger partial charge on any atom is 0.429 e. The summed E-state index contributed by atoms with van der Waals surface area (Å²) in [7, 11) is 0. The Morgan fingerprint density at radius 3 is 2.15 bits per heavy atom. The molecule has 0 aliphatic heterocycles. The van der Waals surface area contributed by atoms with Gasteiger partial charge < -0.3 is 19.5 Å². The van der Waals surface area contributed by atoms with Gasteiger partial charge in [0.25, 0.3) is 11.5 Å². The van der Waals surface area contributed by atoms with Crippen LogP contribution in [0.2, 0.25) is 0 Å². The van der Waals surface area contributed by atoms with Gasteiger partial charge in [0.05, 0.1) is 13.2 Å². The molecule has 33 heavy (non-hydrogen) atoms. The molecule has 8 nitrogen and oxygen atoms in total. The summed E-state index contributed by atoms with van der Waals surface area (Å²) in [5.41, 5.74) is -2.65. The van der Waals surface area contributed by atoms with Crippen molar-refractivity contribution in [2.24, 2.45) is 5.84 Å². The van der Waals surface area contributed by atoms with E-state index in [2.05, 4.69) is 5.32 Å². The fourth-order valence-electron chi connectivity index (χ4n) is 2.84. The largest absolute Gasteiger partial charge is 0.444 e. The first-order valence-electron chi connectivity index (χ1n) is 10.5. The van der Waals surface area contributed by atoms with E-state index >= 15 is 0 Å². The number of alkyl halides is 3. The molecule has 0 bridgehead atoms. The number of alkyl carbamates (subject to hydrolysis) is 1. The van der Waals surface area contributed by atoms with Crippen LogP contribution in [-0.4, -0.2) is 48.1 Å². The molecule has 0 aromatic heterocycles. The molecule has 11 heteroatoms. The van der Waals surface area contributed by atoms with Crippen LogP contribution in [0.5, 0.6) is 0 Å². The Labute approximate surface area is 192 Å². The second kappa shape index (κ2) is 11.7. The van der Waals surface area contributed by atoms with Gasteiger partial charge in [0.15, 0.2) is 0 Å². The summed E-state index contributed by atoms with van der Waals surface area (Å²) < 4.78 is 57.2. The minimum absolute atomic E-state index is 0.107. The van der Waals surface area contributed by atoms with Crippen molar-refractivity contribution >= 4 is 12.0 Å². The first-order valence-corrected chi connectivity index (χ1v) is 10.5. The van der Waals surface area contributed by atoms with E-state index < -0.39 is 48.1 Å². The van der Waals surface area contributed by atoms with Crippen molar-refractivity contribution in [1.29, 1.82) is 0 Å². The third kappa shape index (κ3) is 9.56. The zero-order chi connectivity index (χ0) is 25.3. The summed E-state index contributed by atoms with van der Waals surface area (Å²) in [4.78, 5) is 24.1. The molecule has 0 aliphatic carbocycles. The second-order valence-corrected chi connectivity index (χ2v) is 9.24. The maximum absolute atomic E-state index is 13.9. The predicted octanol–water partition coefficient (Wildman–Crippen LogP) is 3.59. The minimum atomic E-state index is -5.08. The number of amides is 2. The van der Waals surface area contributed by atoms with Crippen LogP contribution in [0, 0.1) is 0 Å². The third-order valence-corrected chi connectivity index (χ3v) is 4.52. The van der Waals surface area contributed by atoms with E-state index in [9.17, 15) is 22.8 Å². The van der Waals surface area contributed by atoms with E-state index in [1.807, 2.05) is 0 Å². The standard InChI is InChI=1S/C22H34F3N3O5/c1-19(2,3)33-18(30)27-20(4,5)12-9-13-31-15-21(17(29)28-26,22(23,24)25)32-14-16-10-7-6-8-11-16/h6-8,10-11H,9,12-15,26H2,1-5H3,(H,27,30)(H,28,29). The summed E-state index contributed by atoms with van der Waals surface area (Å²) in [5, 5.41) is 2.71. The highest BCUT2D eigenvalue weighted by atomic mass is 19.4. The number of carbonyl (C=O) groups excluding carboxylic acids is 2. The maximum atomic E-state index is 13.9. The van der Waals surface area contributed by atoms with Crippen molar-refractivity contribution in [2.45, 2.75) is 77.0 Å². The topological polar surface area (TPSA) is 112 Å². The summed E-state index contributed by atoms with van der Waals surface area (Å²) in [6.07, 6.45) is -4.99. The Bertz CT molecular complexity index is 767. The molecule has 1 aromatic carbocycles. The lowest BCUT2D eigenvalue weighted by Crippen LogP contribution is -2.62. The van der Waals surface area contributed by atoms with Gasteiger partial charge in [0, 0.05) is 12.1 Å². The summed E-state index contributed by atoms with van der Waals surface area (Å²) >= 11 is 0. The minimum Gasteiger partial charge on any atom is -0.444 e. The molecule has 2 amide bonds. The zero-order valence-electron chi connectivity index (χ0n) is 19.7. The Morgan fingerprint density at radius 1 is 1.03 bits per heavy atom. The summed E-state index contributed by atoms with van der Waals surface area (Å²) in [6, 6.07) is 8.13. The molecule has 1 aromatic rings.